The van der Waals surface area contributed by atoms with Gasteiger partial charge in [-0.05, 0) is 25.0 Å². The van der Waals surface area contributed by atoms with Gasteiger partial charge in [0.15, 0.2) is 11.5 Å². The van der Waals surface area contributed by atoms with Crippen LogP contribution in [0.4, 0.5) is 0 Å². The lowest BCUT2D eigenvalue weighted by molar-refractivity contribution is 0.0661. The van der Waals surface area contributed by atoms with Crippen LogP contribution in [0, 0.1) is 0 Å². The van der Waals surface area contributed by atoms with Crippen molar-refractivity contribution in [1.82, 2.24) is 20.2 Å². The maximum absolute atomic E-state index is 12.2. The number of aromatic nitrogens is 2. The number of piperidine rings is 1. The third kappa shape index (κ3) is 3.82. The lowest BCUT2D eigenvalue weighted by atomic mass is 10.0. The van der Waals surface area contributed by atoms with Crippen LogP contribution >= 0.6 is 0 Å². The van der Waals surface area contributed by atoms with E-state index in [4.69, 9.17) is 9.52 Å². The first kappa shape index (κ1) is 16.6. The van der Waals surface area contributed by atoms with Crippen molar-refractivity contribution < 1.29 is 23.9 Å². The zero-order valence-corrected chi connectivity index (χ0v) is 13.2. The van der Waals surface area contributed by atoms with Crippen molar-refractivity contribution in [2.75, 3.05) is 13.1 Å². The quantitative estimate of drug-likeness (QED) is 0.840. The van der Waals surface area contributed by atoms with Gasteiger partial charge in [-0.1, -0.05) is 0 Å². The molecule has 2 N–H and O–H groups in total. The Labute approximate surface area is 142 Å². The maximum Gasteiger partial charge on any atom is 0.356 e. The molecule has 0 unspecified atom stereocenters. The summed E-state index contributed by atoms with van der Waals surface area (Å²) >= 11 is 0. The molecule has 0 aliphatic carbocycles. The number of nitrogens with zero attached hydrogens (tertiary/aromatic N) is 3. The summed E-state index contributed by atoms with van der Waals surface area (Å²) in [5.74, 6) is -1.48. The fourth-order valence-electron chi connectivity index (χ4n) is 2.60. The molecule has 1 aliphatic heterocycles. The number of rotatable bonds is 4. The first-order chi connectivity index (χ1) is 12.0. The van der Waals surface area contributed by atoms with E-state index in [-0.39, 0.29) is 23.3 Å². The minimum absolute atomic E-state index is 0.0547. The van der Waals surface area contributed by atoms with Gasteiger partial charge in [-0.3, -0.25) is 9.59 Å². The highest BCUT2D eigenvalue weighted by molar-refractivity contribution is 5.93. The summed E-state index contributed by atoms with van der Waals surface area (Å²) in [6.45, 7) is 1.02. The average Bonchev–Trinajstić information content (AvgIpc) is 3.16. The molecule has 0 spiro atoms. The number of furan rings is 1. The molecular weight excluding hydrogens is 328 g/mol. The van der Waals surface area contributed by atoms with Crippen LogP contribution in [0.15, 0.2) is 35.2 Å². The molecule has 3 rings (SSSR count). The molecule has 2 aromatic heterocycles. The summed E-state index contributed by atoms with van der Waals surface area (Å²) in [5.41, 5.74) is -0.166. The van der Waals surface area contributed by atoms with Gasteiger partial charge in [0, 0.05) is 19.1 Å². The molecular formula is C16H16N4O5. The molecule has 0 atom stereocenters. The highest BCUT2D eigenvalue weighted by Crippen LogP contribution is 2.14. The van der Waals surface area contributed by atoms with E-state index in [9.17, 15) is 14.4 Å². The van der Waals surface area contributed by atoms with Crippen LogP contribution in [0.1, 0.15) is 44.4 Å². The standard InChI is InChI=1S/C16H16N4O5/c21-14(11-8-18-12(9-17-11)16(23)24)19-10-3-5-20(6-4-10)15(22)13-2-1-7-25-13/h1-2,7-10H,3-6H2,(H,19,21)(H,23,24). The van der Waals surface area contributed by atoms with Gasteiger partial charge in [0.2, 0.25) is 0 Å². The first-order valence-electron chi connectivity index (χ1n) is 7.73. The van der Waals surface area contributed by atoms with Crippen LogP contribution in [-0.2, 0) is 0 Å². The fourth-order valence-corrected chi connectivity index (χ4v) is 2.60. The van der Waals surface area contributed by atoms with E-state index in [2.05, 4.69) is 15.3 Å². The molecule has 25 heavy (non-hydrogen) atoms. The molecule has 0 bridgehead atoms. The summed E-state index contributed by atoms with van der Waals surface area (Å²) < 4.78 is 5.11. The minimum atomic E-state index is -1.20. The molecule has 130 valence electrons. The molecule has 1 fully saturated rings. The number of carboxylic acids is 1. The normalized spacial score (nSPS) is 15.0. The van der Waals surface area contributed by atoms with Crippen LogP contribution in [0.5, 0.6) is 0 Å². The molecule has 0 aromatic carbocycles. The molecule has 2 amide bonds. The predicted octanol–water partition coefficient (Wildman–Crippen LogP) is 0.802. The van der Waals surface area contributed by atoms with Crippen molar-refractivity contribution in [2.24, 2.45) is 0 Å². The van der Waals surface area contributed by atoms with Gasteiger partial charge < -0.3 is 19.7 Å². The summed E-state index contributed by atoms with van der Waals surface area (Å²) in [4.78, 5) is 44.2. The van der Waals surface area contributed by atoms with E-state index in [1.165, 1.54) is 6.26 Å². The summed E-state index contributed by atoms with van der Waals surface area (Å²) in [7, 11) is 0. The Kier molecular flexibility index (Phi) is 4.73. The largest absolute Gasteiger partial charge is 0.476 e. The van der Waals surface area contributed by atoms with E-state index in [1.807, 2.05) is 0 Å². The number of hydrogen-bond donors (Lipinski definition) is 2. The van der Waals surface area contributed by atoms with E-state index in [0.29, 0.717) is 31.7 Å². The smallest absolute Gasteiger partial charge is 0.356 e. The Morgan fingerprint density at radius 1 is 1.16 bits per heavy atom. The van der Waals surface area contributed by atoms with E-state index >= 15 is 0 Å². The molecule has 2 aromatic rings. The second kappa shape index (κ2) is 7.12. The second-order valence-electron chi connectivity index (χ2n) is 5.61. The van der Waals surface area contributed by atoms with Gasteiger partial charge >= 0.3 is 5.97 Å². The number of carboxylic acid groups (broad SMARTS) is 1. The molecule has 0 saturated carbocycles. The average molecular weight is 344 g/mol. The van der Waals surface area contributed by atoms with Crippen LogP contribution in [0.2, 0.25) is 0 Å². The van der Waals surface area contributed by atoms with Gasteiger partial charge in [0.25, 0.3) is 11.8 Å². The Bertz CT molecular complexity index is 764. The number of carbonyl (C=O) groups excluding carboxylic acids is 2. The van der Waals surface area contributed by atoms with Crippen LogP contribution in [0.25, 0.3) is 0 Å². The number of amides is 2. The van der Waals surface area contributed by atoms with Crippen molar-refractivity contribution in [3.8, 4) is 0 Å². The molecule has 3 heterocycles. The summed E-state index contributed by atoms with van der Waals surface area (Å²) in [6, 6.07) is 3.20. The number of aromatic carboxylic acids is 1. The molecule has 9 nitrogen and oxygen atoms in total. The van der Waals surface area contributed by atoms with Crippen molar-refractivity contribution >= 4 is 17.8 Å². The fraction of sp³-hybridized carbons (Fsp3) is 0.312. The van der Waals surface area contributed by atoms with Gasteiger partial charge in [0.05, 0.1) is 18.7 Å². The van der Waals surface area contributed by atoms with E-state index in [1.54, 1.807) is 17.0 Å². The molecule has 9 heteroatoms. The Morgan fingerprint density at radius 3 is 2.40 bits per heavy atom. The second-order valence-corrected chi connectivity index (χ2v) is 5.61. The van der Waals surface area contributed by atoms with E-state index < -0.39 is 11.9 Å². The van der Waals surface area contributed by atoms with Crippen molar-refractivity contribution in [3.63, 3.8) is 0 Å². The topological polar surface area (TPSA) is 126 Å². The Hall–Kier alpha value is -3.23. The Morgan fingerprint density at radius 2 is 1.84 bits per heavy atom. The van der Waals surface area contributed by atoms with Gasteiger partial charge in [-0.25, -0.2) is 14.8 Å². The number of carbonyl (C=O) groups is 3. The highest BCUT2D eigenvalue weighted by Gasteiger charge is 2.26. The highest BCUT2D eigenvalue weighted by atomic mass is 16.4. The molecule has 1 saturated heterocycles. The van der Waals surface area contributed by atoms with Crippen LogP contribution < -0.4 is 5.32 Å². The third-order valence-electron chi connectivity index (χ3n) is 3.95. The van der Waals surface area contributed by atoms with Gasteiger partial charge in [-0.2, -0.15) is 0 Å². The lowest BCUT2D eigenvalue weighted by Gasteiger charge is -2.31. The first-order valence-corrected chi connectivity index (χ1v) is 7.73. The predicted molar refractivity (Wildman–Crippen MR) is 84.1 cm³/mol. The monoisotopic (exact) mass is 344 g/mol. The van der Waals surface area contributed by atoms with E-state index in [0.717, 1.165) is 12.4 Å². The number of nitrogens with one attached hydrogen (secondary N) is 1. The van der Waals surface area contributed by atoms with Crippen molar-refractivity contribution in [3.05, 3.63) is 47.9 Å². The van der Waals surface area contributed by atoms with Crippen molar-refractivity contribution in [2.45, 2.75) is 18.9 Å². The van der Waals surface area contributed by atoms with Gasteiger partial charge in [-0.15, -0.1) is 0 Å². The van der Waals surface area contributed by atoms with Crippen molar-refractivity contribution in [1.29, 1.82) is 0 Å². The van der Waals surface area contributed by atoms with Gasteiger partial charge in [0.1, 0.15) is 5.69 Å². The molecule has 0 radical (unpaired) electrons. The van der Waals surface area contributed by atoms with Crippen LogP contribution in [-0.4, -0.2) is 56.9 Å². The number of likely N-dealkylation sites (tertiary alicyclic amines) is 1. The Balaban J connectivity index is 1.52. The van der Waals surface area contributed by atoms with Crippen LogP contribution in [0.3, 0.4) is 0 Å². The summed E-state index contributed by atoms with van der Waals surface area (Å²) in [5, 5.41) is 11.6. The minimum Gasteiger partial charge on any atom is -0.476 e. The lowest BCUT2D eigenvalue weighted by Crippen LogP contribution is -2.46. The zero-order valence-electron chi connectivity index (χ0n) is 13.2. The maximum atomic E-state index is 12.2. The SMILES string of the molecule is O=C(O)c1cnc(C(=O)NC2CCN(C(=O)c3ccco3)CC2)cn1. The molecule has 1 aliphatic rings. The third-order valence-corrected chi connectivity index (χ3v) is 3.95. The summed E-state index contributed by atoms with van der Waals surface area (Å²) in [6.07, 6.45) is 4.85. The number of hydrogen-bond acceptors (Lipinski definition) is 6. The zero-order chi connectivity index (χ0) is 17.8.